The lowest BCUT2D eigenvalue weighted by atomic mass is 10.1. The van der Waals surface area contributed by atoms with Crippen molar-refractivity contribution in [2.45, 2.75) is 19.3 Å². The maximum atomic E-state index is 11.8. The number of piperidine rings is 1. The lowest BCUT2D eigenvalue weighted by molar-refractivity contribution is -0.134. The van der Waals surface area contributed by atoms with E-state index in [2.05, 4.69) is 6.07 Å². The van der Waals surface area contributed by atoms with Gasteiger partial charge in [0.05, 0.1) is 0 Å². The minimum Gasteiger partial charge on any atom is -0.484 e. The van der Waals surface area contributed by atoms with Crippen molar-refractivity contribution in [3.05, 3.63) is 30.3 Å². The van der Waals surface area contributed by atoms with E-state index in [1.165, 1.54) is 6.42 Å². The van der Waals surface area contributed by atoms with Gasteiger partial charge in [-0.2, -0.15) is 0 Å². The summed E-state index contributed by atoms with van der Waals surface area (Å²) in [6.07, 6.45) is 3.47. The van der Waals surface area contributed by atoms with Gasteiger partial charge in [0.15, 0.2) is 6.61 Å². The normalized spacial score (nSPS) is 15.9. The van der Waals surface area contributed by atoms with E-state index in [0.717, 1.165) is 25.9 Å². The molecule has 0 unspecified atom stereocenters. The first-order valence-electron chi connectivity index (χ1n) is 5.73. The molecule has 0 bridgehead atoms. The van der Waals surface area contributed by atoms with Crippen LogP contribution in [0.5, 0.6) is 5.75 Å². The minimum absolute atomic E-state index is 0.0866. The summed E-state index contributed by atoms with van der Waals surface area (Å²) in [5.41, 5.74) is 0. The number of nitrogens with zero attached hydrogens (tertiary/aromatic N) is 1. The van der Waals surface area contributed by atoms with Crippen LogP contribution < -0.4 is 4.74 Å². The molecule has 1 saturated heterocycles. The van der Waals surface area contributed by atoms with Crippen LogP contribution in [0.2, 0.25) is 0 Å². The highest BCUT2D eigenvalue weighted by molar-refractivity contribution is 5.77. The van der Waals surface area contributed by atoms with Gasteiger partial charge >= 0.3 is 0 Å². The van der Waals surface area contributed by atoms with E-state index in [9.17, 15) is 4.79 Å². The van der Waals surface area contributed by atoms with Crippen molar-refractivity contribution in [1.82, 2.24) is 4.90 Å². The number of benzene rings is 1. The van der Waals surface area contributed by atoms with E-state index in [1.54, 1.807) is 12.1 Å². The van der Waals surface area contributed by atoms with Crippen LogP contribution in [-0.2, 0) is 4.79 Å². The third-order valence-electron chi connectivity index (χ3n) is 2.75. The molecule has 1 aliphatic heterocycles. The smallest absolute Gasteiger partial charge is 0.260 e. The maximum absolute atomic E-state index is 11.8. The first kappa shape index (κ1) is 11.0. The number of hydrogen-bond donors (Lipinski definition) is 0. The molecule has 1 heterocycles. The van der Waals surface area contributed by atoms with Gasteiger partial charge in [0.25, 0.3) is 5.91 Å². The van der Waals surface area contributed by atoms with Crippen LogP contribution in [0.4, 0.5) is 0 Å². The molecule has 2 rings (SSSR count). The highest BCUT2D eigenvalue weighted by atomic mass is 16.5. The van der Waals surface area contributed by atoms with Crippen LogP contribution in [0.1, 0.15) is 19.3 Å². The molecule has 1 amide bonds. The van der Waals surface area contributed by atoms with Gasteiger partial charge in [-0.15, -0.1) is 0 Å². The molecule has 0 spiro atoms. The van der Waals surface area contributed by atoms with Gasteiger partial charge in [-0.1, -0.05) is 12.1 Å². The second kappa shape index (κ2) is 5.54. The zero-order valence-corrected chi connectivity index (χ0v) is 9.32. The Morgan fingerprint density at radius 1 is 1.38 bits per heavy atom. The highest BCUT2D eigenvalue weighted by Gasteiger charge is 2.16. The predicted octanol–water partition coefficient (Wildman–Crippen LogP) is 1.88. The number of ether oxygens (including phenoxy) is 1. The van der Waals surface area contributed by atoms with E-state index >= 15 is 0 Å². The average Bonchev–Trinajstić information content (AvgIpc) is 2.38. The Bertz CT molecular complexity index is 331. The summed E-state index contributed by atoms with van der Waals surface area (Å²) in [7, 11) is 0. The van der Waals surface area contributed by atoms with Gasteiger partial charge in [-0.3, -0.25) is 4.79 Å². The second-order valence-electron chi connectivity index (χ2n) is 3.97. The summed E-state index contributed by atoms with van der Waals surface area (Å²) in [6.45, 7) is 1.89. The summed E-state index contributed by atoms with van der Waals surface area (Å²) in [5.74, 6) is 0.788. The fourth-order valence-corrected chi connectivity index (χ4v) is 1.85. The summed E-state index contributed by atoms with van der Waals surface area (Å²) in [4.78, 5) is 13.6. The number of carbonyl (C=O) groups is 1. The van der Waals surface area contributed by atoms with Crippen LogP contribution in [0, 0.1) is 6.07 Å². The predicted molar refractivity (Wildman–Crippen MR) is 61.2 cm³/mol. The van der Waals surface area contributed by atoms with E-state index in [4.69, 9.17) is 4.74 Å². The second-order valence-corrected chi connectivity index (χ2v) is 3.97. The molecule has 1 aliphatic rings. The SMILES string of the molecule is O=C(COc1c[c]ccc1)N1CCCCC1. The van der Waals surface area contributed by atoms with Gasteiger partial charge < -0.3 is 9.64 Å². The number of likely N-dealkylation sites (tertiary alicyclic amines) is 1. The number of carbonyl (C=O) groups excluding carboxylic acids is 1. The third-order valence-corrected chi connectivity index (χ3v) is 2.75. The third kappa shape index (κ3) is 2.99. The van der Waals surface area contributed by atoms with Gasteiger partial charge in [-0.25, -0.2) is 0 Å². The van der Waals surface area contributed by atoms with E-state index < -0.39 is 0 Å². The minimum atomic E-state index is 0.0866. The molecule has 0 atom stereocenters. The maximum Gasteiger partial charge on any atom is 0.260 e. The first-order chi connectivity index (χ1) is 7.86. The monoisotopic (exact) mass is 218 g/mol. The van der Waals surface area contributed by atoms with Crippen LogP contribution in [-0.4, -0.2) is 30.5 Å². The molecule has 1 aromatic rings. The van der Waals surface area contributed by atoms with Crippen molar-refractivity contribution in [3.63, 3.8) is 0 Å². The molecule has 0 N–H and O–H groups in total. The molecule has 1 radical (unpaired) electrons. The Morgan fingerprint density at radius 3 is 2.88 bits per heavy atom. The Balaban J connectivity index is 1.79. The number of rotatable bonds is 3. The summed E-state index contributed by atoms with van der Waals surface area (Å²) < 4.78 is 5.40. The van der Waals surface area contributed by atoms with Crippen molar-refractivity contribution in [1.29, 1.82) is 0 Å². The zero-order valence-electron chi connectivity index (χ0n) is 9.32. The van der Waals surface area contributed by atoms with Crippen LogP contribution in [0.25, 0.3) is 0 Å². The molecule has 16 heavy (non-hydrogen) atoms. The topological polar surface area (TPSA) is 29.5 Å². The van der Waals surface area contributed by atoms with E-state index in [1.807, 2.05) is 17.0 Å². The average molecular weight is 218 g/mol. The first-order valence-corrected chi connectivity index (χ1v) is 5.73. The molecule has 3 heteroatoms. The van der Waals surface area contributed by atoms with E-state index in [0.29, 0.717) is 5.75 Å². The summed E-state index contributed by atoms with van der Waals surface area (Å²) in [6, 6.07) is 10.1. The van der Waals surface area contributed by atoms with Gasteiger partial charge in [0.2, 0.25) is 0 Å². The fourth-order valence-electron chi connectivity index (χ4n) is 1.85. The lowest BCUT2D eigenvalue weighted by Crippen LogP contribution is -2.38. The van der Waals surface area contributed by atoms with Crippen LogP contribution in [0.15, 0.2) is 24.3 Å². The molecule has 1 fully saturated rings. The number of hydrogen-bond acceptors (Lipinski definition) is 2. The Hall–Kier alpha value is -1.51. The lowest BCUT2D eigenvalue weighted by Gasteiger charge is -2.26. The molecule has 0 aliphatic carbocycles. The largest absolute Gasteiger partial charge is 0.484 e. The standard InChI is InChI=1S/C13H16NO2/c15-13(14-9-5-2-6-10-14)11-16-12-7-3-1-4-8-12/h1,3,7-8H,2,5-6,9-11H2. The molecule has 3 nitrogen and oxygen atoms in total. The molecular formula is C13H16NO2. The van der Waals surface area contributed by atoms with Gasteiger partial charge in [-0.05, 0) is 37.5 Å². The van der Waals surface area contributed by atoms with Crippen molar-refractivity contribution in [2.24, 2.45) is 0 Å². The molecule has 0 aromatic heterocycles. The van der Waals surface area contributed by atoms with Crippen molar-refractivity contribution < 1.29 is 9.53 Å². The van der Waals surface area contributed by atoms with Gasteiger partial charge in [0, 0.05) is 13.1 Å². The molecule has 1 aromatic carbocycles. The quantitative estimate of drug-likeness (QED) is 0.775. The van der Waals surface area contributed by atoms with Crippen LogP contribution >= 0.6 is 0 Å². The zero-order chi connectivity index (χ0) is 11.2. The Morgan fingerprint density at radius 2 is 2.19 bits per heavy atom. The van der Waals surface area contributed by atoms with Crippen molar-refractivity contribution >= 4 is 5.91 Å². The molecule has 85 valence electrons. The van der Waals surface area contributed by atoms with Crippen molar-refractivity contribution in [2.75, 3.05) is 19.7 Å². The highest BCUT2D eigenvalue weighted by Crippen LogP contribution is 2.11. The van der Waals surface area contributed by atoms with Crippen molar-refractivity contribution in [3.8, 4) is 5.75 Å². The van der Waals surface area contributed by atoms with E-state index in [-0.39, 0.29) is 12.5 Å². The fraction of sp³-hybridized carbons (Fsp3) is 0.462. The Kier molecular flexibility index (Phi) is 3.81. The van der Waals surface area contributed by atoms with Crippen LogP contribution in [0.3, 0.4) is 0 Å². The summed E-state index contributed by atoms with van der Waals surface area (Å²) >= 11 is 0. The van der Waals surface area contributed by atoms with Gasteiger partial charge in [0.1, 0.15) is 5.75 Å². The Labute approximate surface area is 96.0 Å². The summed E-state index contributed by atoms with van der Waals surface area (Å²) in [5, 5.41) is 0. The number of amides is 1. The molecule has 0 saturated carbocycles. The molecular weight excluding hydrogens is 202 g/mol.